The lowest BCUT2D eigenvalue weighted by atomic mass is 10.3. The smallest absolute Gasteiger partial charge is 0.222 e. The number of rotatable bonds is 6. The van der Waals surface area contributed by atoms with Gasteiger partial charge >= 0.3 is 0 Å². The van der Waals surface area contributed by atoms with Crippen LogP contribution in [0.1, 0.15) is 20.3 Å². The fourth-order valence-corrected chi connectivity index (χ4v) is 1.88. The zero-order chi connectivity index (χ0) is 10.2. The van der Waals surface area contributed by atoms with E-state index >= 15 is 0 Å². The summed E-state index contributed by atoms with van der Waals surface area (Å²) in [6.45, 7) is 4.34. The van der Waals surface area contributed by atoms with Gasteiger partial charge in [0.1, 0.15) is 0 Å². The van der Waals surface area contributed by atoms with Crippen molar-refractivity contribution in [2.24, 2.45) is 0 Å². The van der Waals surface area contributed by atoms with Crippen molar-refractivity contribution in [3.8, 4) is 0 Å². The lowest BCUT2D eigenvalue weighted by Crippen LogP contribution is -2.17. The van der Waals surface area contributed by atoms with E-state index in [0.29, 0.717) is 6.04 Å². The standard InChI is InChI=1S/C10H17N3S/c1-3-14-8-5-9(2)13-10-11-6-4-7-12-10/h4,6-7,9H,3,5,8H2,1-2H3,(H,11,12,13). The molecule has 0 aromatic carbocycles. The van der Waals surface area contributed by atoms with Crippen LogP contribution in [0.2, 0.25) is 0 Å². The summed E-state index contributed by atoms with van der Waals surface area (Å²) in [5.74, 6) is 3.10. The Labute approximate surface area is 89.7 Å². The summed E-state index contributed by atoms with van der Waals surface area (Å²) in [7, 11) is 0. The molecule has 0 bridgehead atoms. The molecule has 0 aliphatic heterocycles. The van der Waals surface area contributed by atoms with Crippen LogP contribution in [0.4, 0.5) is 5.95 Å². The molecule has 0 fully saturated rings. The maximum Gasteiger partial charge on any atom is 0.222 e. The Bertz CT molecular complexity index is 240. The highest BCUT2D eigenvalue weighted by molar-refractivity contribution is 7.99. The van der Waals surface area contributed by atoms with Crippen LogP contribution in [-0.2, 0) is 0 Å². The molecular weight excluding hydrogens is 194 g/mol. The quantitative estimate of drug-likeness (QED) is 0.733. The van der Waals surface area contributed by atoms with Crippen LogP contribution in [0.25, 0.3) is 0 Å². The van der Waals surface area contributed by atoms with Gasteiger partial charge in [-0.05, 0) is 30.9 Å². The minimum Gasteiger partial charge on any atom is -0.352 e. The van der Waals surface area contributed by atoms with Crippen LogP contribution >= 0.6 is 11.8 Å². The maximum absolute atomic E-state index is 4.12. The van der Waals surface area contributed by atoms with Gasteiger partial charge in [0.15, 0.2) is 0 Å². The van der Waals surface area contributed by atoms with E-state index in [2.05, 4.69) is 29.1 Å². The largest absolute Gasteiger partial charge is 0.352 e. The van der Waals surface area contributed by atoms with E-state index in [0.717, 1.165) is 12.4 Å². The molecule has 78 valence electrons. The predicted octanol–water partition coefficient (Wildman–Crippen LogP) is 2.42. The molecule has 0 aliphatic rings. The Balaban J connectivity index is 2.23. The Morgan fingerprint density at radius 1 is 1.43 bits per heavy atom. The van der Waals surface area contributed by atoms with Gasteiger partial charge in [-0.15, -0.1) is 0 Å². The third kappa shape index (κ3) is 4.46. The molecule has 0 radical (unpaired) electrons. The summed E-state index contributed by atoms with van der Waals surface area (Å²) in [4.78, 5) is 8.24. The van der Waals surface area contributed by atoms with Crippen LogP contribution in [0.15, 0.2) is 18.5 Å². The molecule has 1 aromatic rings. The summed E-state index contributed by atoms with van der Waals surface area (Å²) in [6.07, 6.45) is 4.66. The second kappa shape index (κ2) is 6.65. The second-order valence-electron chi connectivity index (χ2n) is 3.10. The van der Waals surface area contributed by atoms with E-state index in [9.17, 15) is 0 Å². The van der Waals surface area contributed by atoms with Gasteiger partial charge in [0.2, 0.25) is 5.95 Å². The number of thioether (sulfide) groups is 1. The fraction of sp³-hybridized carbons (Fsp3) is 0.600. The Kier molecular flexibility index (Phi) is 5.37. The molecule has 0 amide bonds. The number of nitrogens with zero attached hydrogens (tertiary/aromatic N) is 2. The van der Waals surface area contributed by atoms with Crippen LogP contribution in [-0.4, -0.2) is 27.5 Å². The molecule has 1 heterocycles. The normalized spacial score (nSPS) is 12.4. The van der Waals surface area contributed by atoms with Crippen molar-refractivity contribution in [1.29, 1.82) is 0 Å². The van der Waals surface area contributed by atoms with E-state index in [1.807, 2.05) is 17.8 Å². The molecule has 1 unspecified atom stereocenters. The zero-order valence-corrected chi connectivity index (χ0v) is 9.55. The number of hydrogen-bond donors (Lipinski definition) is 1. The molecular formula is C10H17N3S. The summed E-state index contributed by atoms with van der Waals surface area (Å²) in [5.41, 5.74) is 0. The average molecular weight is 211 g/mol. The molecule has 0 saturated heterocycles. The van der Waals surface area contributed by atoms with Gasteiger partial charge < -0.3 is 5.32 Å². The van der Waals surface area contributed by atoms with Crippen LogP contribution in [0.3, 0.4) is 0 Å². The van der Waals surface area contributed by atoms with Crippen molar-refractivity contribution >= 4 is 17.7 Å². The predicted molar refractivity (Wildman–Crippen MR) is 62.7 cm³/mol. The molecule has 14 heavy (non-hydrogen) atoms. The van der Waals surface area contributed by atoms with Crippen LogP contribution in [0.5, 0.6) is 0 Å². The summed E-state index contributed by atoms with van der Waals surface area (Å²) >= 11 is 1.97. The monoisotopic (exact) mass is 211 g/mol. The van der Waals surface area contributed by atoms with Crippen molar-refractivity contribution in [2.75, 3.05) is 16.8 Å². The lowest BCUT2D eigenvalue weighted by Gasteiger charge is -2.12. The van der Waals surface area contributed by atoms with Gasteiger partial charge in [0.05, 0.1) is 0 Å². The third-order valence-corrected chi connectivity index (χ3v) is 2.77. The summed E-state index contributed by atoms with van der Waals surface area (Å²) in [5, 5.41) is 3.27. The number of hydrogen-bond acceptors (Lipinski definition) is 4. The van der Waals surface area contributed by atoms with E-state index in [-0.39, 0.29) is 0 Å². The van der Waals surface area contributed by atoms with E-state index in [1.165, 1.54) is 11.5 Å². The minimum absolute atomic E-state index is 0.441. The molecule has 1 aromatic heterocycles. The van der Waals surface area contributed by atoms with Crippen molar-refractivity contribution in [2.45, 2.75) is 26.3 Å². The van der Waals surface area contributed by atoms with Gasteiger partial charge in [-0.2, -0.15) is 11.8 Å². The van der Waals surface area contributed by atoms with Gasteiger partial charge in [-0.1, -0.05) is 6.92 Å². The van der Waals surface area contributed by atoms with Gasteiger partial charge in [0.25, 0.3) is 0 Å². The first-order chi connectivity index (χ1) is 6.83. The van der Waals surface area contributed by atoms with E-state index < -0.39 is 0 Å². The SMILES string of the molecule is CCSCCC(C)Nc1ncccn1. The Morgan fingerprint density at radius 3 is 2.79 bits per heavy atom. The highest BCUT2D eigenvalue weighted by Gasteiger charge is 2.02. The fourth-order valence-electron chi connectivity index (χ4n) is 1.07. The van der Waals surface area contributed by atoms with Crippen molar-refractivity contribution < 1.29 is 0 Å². The van der Waals surface area contributed by atoms with Crippen LogP contribution < -0.4 is 5.32 Å². The number of nitrogens with one attached hydrogen (secondary N) is 1. The molecule has 1 rings (SSSR count). The first-order valence-electron chi connectivity index (χ1n) is 4.94. The molecule has 4 heteroatoms. The first-order valence-corrected chi connectivity index (χ1v) is 6.09. The number of anilines is 1. The van der Waals surface area contributed by atoms with Crippen molar-refractivity contribution in [1.82, 2.24) is 9.97 Å². The van der Waals surface area contributed by atoms with Crippen molar-refractivity contribution in [3.63, 3.8) is 0 Å². The lowest BCUT2D eigenvalue weighted by molar-refractivity contribution is 0.760. The highest BCUT2D eigenvalue weighted by atomic mass is 32.2. The van der Waals surface area contributed by atoms with Crippen molar-refractivity contribution in [3.05, 3.63) is 18.5 Å². The summed E-state index contributed by atoms with van der Waals surface area (Å²) < 4.78 is 0. The van der Waals surface area contributed by atoms with Crippen LogP contribution in [0, 0.1) is 0 Å². The Hall–Kier alpha value is -0.770. The summed E-state index contributed by atoms with van der Waals surface area (Å²) in [6, 6.07) is 2.26. The molecule has 0 aliphatic carbocycles. The van der Waals surface area contributed by atoms with E-state index in [1.54, 1.807) is 12.4 Å². The maximum atomic E-state index is 4.12. The minimum atomic E-state index is 0.441. The van der Waals surface area contributed by atoms with Gasteiger partial charge in [-0.3, -0.25) is 0 Å². The van der Waals surface area contributed by atoms with E-state index in [4.69, 9.17) is 0 Å². The third-order valence-electron chi connectivity index (χ3n) is 1.84. The van der Waals surface area contributed by atoms with Gasteiger partial charge in [0, 0.05) is 18.4 Å². The molecule has 0 saturated carbocycles. The Morgan fingerprint density at radius 2 is 2.14 bits per heavy atom. The highest BCUT2D eigenvalue weighted by Crippen LogP contribution is 2.06. The van der Waals surface area contributed by atoms with Gasteiger partial charge in [-0.25, -0.2) is 9.97 Å². The molecule has 1 atom stereocenters. The molecule has 1 N–H and O–H groups in total. The second-order valence-corrected chi connectivity index (χ2v) is 4.50. The average Bonchev–Trinajstić information content (AvgIpc) is 2.20. The molecule has 3 nitrogen and oxygen atoms in total. The zero-order valence-electron chi connectivity index (χ0n) is 8.73. The first kappa shape index (κ1) is 11.3. The topological polar surface area (TPSA) is 37.8 Å². The molecule has 0 spiro atoms. The number of aromatic nitrogens is 2.